The van der Waals surface area contributed by atoms with Gasteiger partial charge in [-0.05, 0) is 49.6 Å². The van der Waals surface area contributed by atoms with Crippen LogP contribution in [0.3, 0.4) is 0 Å². The van der Waals surface area contributed by atoms with Gasteiger partial charge in [0.15, 0.2) is 5.76 Å². The Hall–Kier alpha value is -2.31. The number of aryl methyl sites for hydroxylation is 1. The summed E-state index contributed by atoms with van der Waals surface area (Å²) in [6, 6.07) is 8.40. The van der Waals surface area contributed by atoms with Crippen molar-refractivity contribution in [3.8, 4) is 0 Å². The molecule has 2 amide bonds. The molecule has 1 heterocycles. The molecule has 2 aromatic rings. The molecule has 0 saturated carbocycles. The van der Waals surface area contributed by atoms with E-state index in [4.69, 9.17) is 10.2 Å². The smallest absolute Gasteiger partial charge is 0.291 e. The van der Waals surface area contributed by atoms with Gasteiger partial charge in [-0.1, -0.05) is 19.9 Å². The predicted molar refractivity (Wildman–Crippen MR) is 105 cm³/mol. The normalized spacial score (nSPS) is 10.8. The topological polar surface area (TPSA) is 97.4 Å². The van der Waals surface area contributed by atoms with Crippen molar-refractivity contribution in [1.82, 2.24) is 5.32 Å². The van der Waals surface area contributed by atoms with Gasteiger partial charge >= 0.3 is 0 Å². The fraction of sp³-hybridized carbons (Fsp3) is 0.368. The molecule has 0 saturated heterocycles. The Kier molecular flexibility index (Phi) is 7.86. The standard InChI is InChI=1S/C19H25N3O3.ClH/c1-4-19(20,5-2)12-21-17(23)14-9-8-13(3)15(11-14)22-18(24)16-7-6-10-25-16;/h6-11H,4-5,12,20H2,1-3H3,(H,21,23)(H,22,24);1H. The largest absolute Gasteiger partial charge is 0.459 e. The van der Waals surface area contributed by atoms with E-state index in [1.54, 1.807) is 30.3 Å². The van der Waals surface area contributed by atoms with Crippen molar-refractivity contribution in [3.05, 3.63) is 53.5 Å². The number of hydrogen-bond donors (Lipinski definition) is 3. The van der Waals surface area contributed by atoms with Crippen LogP contribution in [0.2, 0.25) is 0 Å². The molecule has 0 atom stereocenters. The van der Waals surface area contributed by atoms with Crippen LogP contribution in [0, 0.1) is 6.92 Å². The molecule has 2 rings (SSSR count). The van der Waals surface area contributed by atoms with Crippen molar-refractivity contribution < 1.29 is 14.0 Å². The average Bonchev–Trinajstić information content (AvgIpc) is 3.16. The maximum atomic E-state index is 12.4. The monoisotopic (exact) mass is 379 g/mol. The molecular formula is C19H26ClN3O3. The minimum Gasteiger partial charge on any atom is -0.459 e. The van der Waals surface area contributed by atoms with Crippen LogP contribution >= 0.6 is 12.4 Å². The SMILES string of the molecule is CCC(N)(CC)CNC(=O)c1ccc(C)c(NC(=O)c2ccco2)c1.Cl. The van der Waals surface area contributed by atoms with Crippen LogP contribution in [0.1, 0.15) is 53.2 Å². The summed E-state index contributed by atoms with van der Waals surface area (Å²) in [6.07, 6.45) is 3.00. The maximum absolute atomic E-state index is 12.4. The Labute approximate surface area is 159 Å². The number of rotatable bonds is 7. The second kappa shape index (κ2) is 9.40. The number of nitrogens with two attached hydrogens (primary N) is 1. The van der Waals surface area contributed by atoms with Gasteiger partial charge in [-0.25, -0.2) is 0 Å². The van der Waals surface area contributed by atoms with Gasteiger partial charge in [0.25, 0.3) is 11.8 Å². The molecule has 1 aromatic heterocycles. The Morgan fingerprint density at radius 2 is 1.85 bits per heavy atom. The summed E-state index contributed by atoms with van der Waals surface area (Å²) < 4.78 is 5.08. The molecule has 0 unspecified atom stereocenters. The quantitative estimate of drug-likeness (QED) is 0.685. The number of benzene rings is 1. The molecule has 0 bridgehead atoms. The van der Waals surface area contributed by atoms with Gasteiger partial charge in [-0.3, -0.25) is 9.59 Å². The van der Waals surface area contributed by atoms with E-state index in [9.17, 15) is 9.59 Å². The Morgan fingerprint density at radius 3 is 2.42 bits per heavy atom. The summed E-state index contributed by atoms with van der Waals surface area (Å²) in [6.45, 7) is 6.27. The van der Waals surface area contributed by atoms with Crippen LogP contribution in [0.5, 0.6) is 0 Å². The summed E-state index contributed by atoms with van der Waals surface area (Å²) in [5, 5.41) is 5.64. The van der Waals surface area contributed by atoms with Gasteiger partial charge in [0.2, 0.25) is 0 Å². The van der Waals surface area contributed by atoms with Gasteiger partial charge in [0.05, 0.1) is 6.26 Å². The Balaban J connectivity index is 0.00000338. The number of nitrogens with one attached hydrogen (secondary N) is 2. The van der Waals surface area contributed by atoms with Crippen LogP contribution < -0.4 is 16.4 Å². The van der Waals surface area contributed by atoms with Gasteiger partial charge < -0.3 is 20.8 Å². The summed E-state index contributed by atoms with van der Waals surface area (Å²) in [5.41, 5.74) is 7.70. The molecule has 7 heteroatoms. The first-order valence-electron chi connectivity index (χ1n) is 8.41. The van der Waals surface area contributed by atoms with E-state index in [-0.39, 0.29) is 30.0 Å². The molecule has 0 radical (unpaired) electrons. The van der Waals surface area contributed by atoms with Crippen molar-refractivity contribution in [2.45, 2.75) is 39.2 Å². The second-order valence-corrected chi connectivity index (χ2v) is 6.21. The lowest BCUT2D eigenvalue weighted by molar-refractivity contribution is 0.0940. The maximum Gasteiger partial charge on any atom is 0.291 e. The van der Waals surface area contributed by atoms with E-state index in [1.165, 1.54) is 6.26 Å². The summed E-state index contributed by atoms with van der Waals surface area (Å²) >= 11 is 0. The third-order valence-corrected chi connectivity index (χ3v) is 4.50. The summed E-state index contributed by atoms with van der Waals surface area (Å²) in [5.74, 6) is -0.359. The van der Waals surface area contributed by atoms with Crippen molar-refractivity contribution in [2.24, 2.45) is 5.73 Å². The molecule has 142 valence electrons. The van der Waals surface area contributed by atoms with Crippen LogP contribution in [0.25, 0.3) is 0 Å². The van der Waals surface area contributed by atoms with E-state index in [1.807, 2.05) is 20.8 Å². The second-order valence-electron chi connectivity index (χ2n) is 6.21. The van der Waals surface area contributed by atoms with E-state index < -0.39 is 5.54 Å². The lowest BCUT2D eigenvalue weighted by Gasteiger charge is -2.26. The van der Waals surface area contributed by atoms with Gasteiger partial charge in [-0.15, -0.1) is 12.4 Å². The average molecular weight is 380 g/mol. The summed E-state index contributed by atoms with van der Waals surface area (Å²) in [4.78, 5) is 24.5. The van der Waals surface area contributed by atoms with E-state index in [0.29, 0.717) is 17.8 Å². The van der Waals surface area contributed by atoms with Crippen molar-refractivity contribution in [2.75, 3.05) is 11.9 Å². The molecule has 0 aliphatic rings. The molecule has 0 aliphatic carbocycles. The fourth-order valence-corrected chi connectivity index (χ4v) is 2.35. The van der Waals surface area contributed by atoms with Gasteiger partial charge in [0, 0.05) is 23.3 Å². The van der Waals surface area contributed by atoms with Gasteiger partial charge in [0.1, 0.15) is 0 Å². The Bertz CT molecular complexity index is 740. The highest BCUT2D eigenvalue weighted by atomic mass is 35.5. The fourth-order valence-electron chi connectivity index (χ4n) is 2.35. The highest BCUT2D eigenvalue weighted by molar-refractivity contribution is 6.03. The highest BCUT2D eigenvalue weighted by Crippen LogP contribution is 2.18. The molecule has 26 heavy (non-hydrogen) atoms. The van der Waals surface area contributed by atoms with Crippen molar-refractivity contribution >= 4 is 29.9 Å². The number of hydrogen-bond acceptors (Lipinski definition) is 4. The summed E-state index contributed by atoms with van der Waals surface area (Å²) in [7, 11) is 0. The lowest BCUT2D eigenvalue weighted by atomic mass is 9.94. The molecular weight excluding hydrogens is 354 g/mol. The van der Waals surface area contributed by atoms with Crippen molar-refractivity contribution in [1.29, 1.82) is 0 Å². The molecule has 0 aliphatic heterocycles. The lowest BCUT2D eigenvalue weighted by Crippen LogP contribution is -2.49. The van der Waals surface area contributed by atoms with Gasteiger partial charge in [-0.2, -0.15) is 0 Å². The molecule has 6 nitrogen and oxygen atoms in total. The van der Waals surface area contributed by atoms with E-state index >= 15 is 0 Å². The van der Waals surface area contributed by atoms with Crippen LogP contribution in [-0.4, -0.2) is 23.9 Å². The Morgan fingerprint density at radius 1 is 1.15 bits per heavy atom. The highest BCUT2D eigenvalue weighted by Gasteiger charge is 2.21. The predicted octanol–water partition coefficient (Wildman–Crippen LogP) is 3.51. The first-order chi connectivity index (χ1) is 11.9. The zero-order chi connectivity index (χ0) is 18.4. The minimum absolute atomic E-state index is 0. The van der Waals surface area contributed by atoms with Crippen molar-refractivity contribution in [3.63, 3.8) is 0 Å². The van der Waals surface area contributed by atoms with Crippen LogP contribution in [-0.2, 0) is 0 Å². The first kappa shape index (κ1) is 21.7. The number of carbonyl (C=O) groups is 2. The minimum atomic E-state index is -0.406. The molecule has 4 N–H and O–H groups in total. The van der Waals surface area contributed by atoms with E-state index in [0.717, 1.165) is 18.4 Å². The van der Waals surface area contributed by atoms with Crippen LogP contribution in [0.15, 0.2) is 41.0 Å². The van der Waals surface area contributed by atoms with Crippen LogP contribution in [0.4, 0.5) is 5.69 Å². The molecule has 0 fully saturated rings. The third kappa shape index (κ3) is 5.34. The number of carbonyl (C=O) groups excluding carboxylic acids is 2. The number of anilines is 1. The number of amides is 2. The number of halogens is 1. The molecule has 1 aromatic carbocycles. The number of furan rings is 1. The zero-order valence-electron chi connectivity index (χ0n) is 15.3. The van der Waals surface area contributed by atoms with E-state index in [2.05, 4.69) is 10.6 Å². The third-order valence-electron chi connectivity index (χ3n) is 4.50. The molecule has 0 spiro atoms. The first-order valence-corrected chi connectivity index (χ1v) is 8.41. The zero-order valence-corrected chi connectivity index (χ0v) is 16.1.